The lowest BCUT2D eigenvalue weighted by atomic mass is 10.2. The monoisotopic (exact) mass is 207 g/mol. The van der Waals surface area contributed by atoms with Gasteiger partial charge in [0.1, 0.15) is 5.69 Å². The summed E-state index contributed by atoms with van der Waals surface area (Å²) in [5.74, 6) is -0.269. The summed E-state index contributed by atoms with van der Waals surface area (Å²) < 4.78 is 0. The van der Waals surface area contributed by atoms with Gasteiger partial charge in [0.2, 0.25) is 0 Å². The molecular weight excluding hydrogens is 194 g/mol. The first-order chi connectivity index (χ1) is 7.27. The molecule has 1 amide bonds. The number of aliphatic hydroxyl groups excluding tert-OH is 1. The first-order valence-electron chi connectivity index (χ1n) is 5.02. The Balaban J connectivity index is 1.98. The van der Waals surface area contributed by atoms with Gasteiger partial charge >= 0.3 is 0 Å². The highest BCUT2D eigenvalue weighted by molar-refractivity contribution is 5.92. The van der Waals surface area contributed by atoms with E-state index in [1.54, 1.807) is 0 Å². The van der Waals surface area contributed by atoms with Crippen molar-refractivity contribution in [1.82, 2.24) is 15.3 Å². The number of nitrogens with zero attached hydrogens (tertiary/aromatic N) is 2. The largest absolute Gasteiger partial charge is 0.391 e. The number of hydrogen-bond acceptors (Lipinski definition) is 4. The standard InChI is InChI=1S/C10H13N3O2/c14-9-3-1-2-7(9)13-10(15)8-6-11-4-5-12-8/h4-7,9,14H,1-3H2,(H,13,15)/t7-,9+/m1/s1. The van der Waals surface area contributed by atoms with E-state index in [1.165, 1.54) is 18.6 Å². The van der Waals surface area contributed by atoms with E-state index in [9.17, 15) is 9.90 Å². The van der Waals surface area contributed by atoms with Crippen LogP contribution in [-0.4, -0.2) is 33.1 Å². The van der Waals surface area contributed by atoms with Gasteiger partial charge in [0.15, 0.2) is 0 Å². The number of carbonyl (C=O) groups is 1. The van der Waals surface area contributed by atoms with E-state index in [-0.39, 0.29) is 17.6 Å². The molecule has 0 unspecified atom stereocenters. The minimum Gasteiger partial charge on any atom is -0.391 e. The summed E-state index contributed by atoms with van der Waals surface area (Å²) in [5.41, 5.74) is 0.289. The van der Waals surface area contributed by atoms with E-state index in [0.29, 0.717) is 0 Å². The van der Waals surface area contributed by atoms with Crippen LogP contribution >= 0.6 is 0 Å². The fourth-order valence-electron chi connectivity index (χ4n) is 1.77. The van der Waals surface area contributed by atoms with Crippen molar-refractivity contribution in [2.24, 2.45) is 0 Å². The fourth-order valence-corrected chi connectivity index (χ4v) is 1.77. The van der Waals surface area contributed by atoms with Gasteiger partial charge < -0.3 is 10.4 Å². The van der Waals surface area contributed by atoms with Crippen LogP contribution in [0.4, 0.5) is 0 Å². The molecule has 2 N–H and O–H groups in total. The fraction of sp³-hybridized carbons (Fsp3) is 0.500. The van der Waals surface area contributed by atoms with Gasteiger partial charge in [-0.25, -0.2) is 4.98 Å². The van der Waals surface area contributed by atoms with Crippen LogP contribution < -0.4 is 5.32 Å². The maximum absolute atomic E-state index is 11.6. The Morgan fingerprint density at radius 1 is 1.47 bits per heavy atom. The van der Waals surface area contributed by atoms with Crippen LogP contribution in [0, 0.1) is 0 Å². The molecule has 0 aromatic carbocycles. The Hall–Kier alpha value is -1.49. The zero-order valence-corrected chi connectivity index (χ0v) is 8.26. The molecular formula is C10H13N3O2. The lowest BCUT2D eigenvalue weighted by Crippen LogP contribution is -2.40. The molecule has 0 aliphatic heterocycles. The minimum atomic E-state index is -0.425. The second-order valence-electron chi connectivity index (χ2n) is 3.67. The Morgan fingerprint density at radius 3 is 2.93 bits per heavy atom. The van der Waals surface area contributed by atoms with E-state index < -0.39 is 6.10 Å². The molecule has 0 saturated heterocycles. The smallest absolute Gasteiger partial charge is 0.271 e. The highest BCUT2D eigenvalue weighted by Gasteiger charge is 2.27. The Labute approximate surface area is 87.6 Å². The number of rotatable bonds is 2. The van der Waals surface area contributed by atoms with Crippen LogP contribution in [0.1, 0.15) is 29.8 Å². The van der Waals surface area contributed by atoms with Crippen LogP contribution in [0.2, 0.25) is 0 Å². The number of carbonyl (C=O) groups excluding carboxylic acids is 1. The Morgan fingerprint density at radius 2 is 2.33 bits per heavy atom. The highest BCUT2D eigenvalue weighted by Crippen LogP contribution is 2.18. The van der Waals surface area contributed by atoms with Crippen molar-refractivity contribution in [1.29, 1.82) is 0 Å². The van der Waals surface area contributed by atoms with Crippen molar-refractivity contribution in [3.8, 4) is 0 Å². The number of amides is 1. The summed E-state index contributed by atoms with van der Waals surface area (Å²) >= 11 is 0. The second kappa shape index (κ2) is 4.35. The summed E-state index contributed by atoms with van der Waals surface area (Å²) in [5, 5.41) is 12.3. The maximum atomic E-state index is 11.6. The molecule has 1 heterocycles. The zero-order chi connectivity index (χ0) is 10.7. The van der Waals surface area contributed by atoms with E-state index in [4.69, 9.17) is 0 Å². The summed E-state index contributed by atoms with van der Waals surface area (Å²) in [6, 6.07) is -0.139. The predicted molar refractivity (Wildman–Crippen MR) is 53.1 cm³/mol. The molecule has 5 heteroatoms. The first kappa shape index (κ1) is 10.0. The van der Waals surface area contributed by atoms with Gasteiger partial charge in [0.25, 0.3) is 5.91 Å². The van der Waals surface area contributed by atoms with Crippen molar-refractivity contribution in [2.75, 3.05) is 0 Å². The topological polar surface area (TPSA) is 75.1 Å². The summed E-state index contributed by atoms with van der Waals surface area (Å²) in [4.78, 5) is 19.3. The third-order valence-corrected chi connectivity index (χ3v) is 2.59. The Bertz CT molecular complexity index is 342. The van der Waals surface area contributed by atoms with Gasteiger partial charge in [0.05, 0.1) is 18.3 Å². The molecule has 5 nitrogen and oxygen atoms in total. The molecule has 1 fully saturated rings. The van der Waals surface area contributed by atoms with Gasteiger partial charge in [-0.15, -0.1) is 0 Å². The van der Waals surface area contributed by atoms with Crippen LogP contribution in [0.5, 0.6) is 0 Å². The van der Waals surface area contributed by atoms with Crippen LogP contribution in [-0.2, 0) is 0 Å². The molecule has 1 aliphatic rings. The molecule has 15 heavy (non-hydrogen) atoms. The number of aromatic nitrogens is 2. The molecule has 1 aromatic rings. The molecule has 0 radical (unpaired) electrons. The van der Waals surface area contributed by atoms with Crippen molar-refractivity contribution < 1.29 is 9.90 Å². The summed E-state index contributed by atoms with van der Waals surface area (Å²) in [6.07, 6.45) is 6.51. The van der Waals surface area contributed by atoms with Gasteiger partial charge in [-0.3, -0.25) is 9.78 Å². The van der Waals surface area contributed by atoms with Gasteiger partial charge in [-0.1, -0.05) is 0 Å². The second-order valence-corrected chi connectivity index (χ2v) is 3.67. The van der Waals surface area contributed by atoms with Crippen molar-refractivity contribution in [3.63, 3.8) is 0 Å². The average Bonchev–Trinajstić information content (AvgIpc) is 2.66. The van der Waals surface area contributed by atoms with Crippen LogP contribution in [0.15, 0.2) is 18.6 Å². The van der Waals surface area contributed by atoms with Crippen molar-refractivity contribution >= 4 is 5.91 Å². The van der Waals surface area contributed by atoms with E-state index in [2.05, 4.69) is 15.3 Å². The average molecular weight is 207 g/mol. The number of aliphatic hydroxyl groups is 1. The molecule has 2 rings (SSSR count). The van der Waals surface area contributed by atoms with Gasteiger partial charge in [-0.2, -0.15) is 0 Å². The van der Waals surface area contributed by atoms with Crippen molar-refractivity contribution in [2.45, 2.75) is 31.4 Å². The molecule has 1 saturated carbocycles. The third-order valence-electron chi connectivity index (χ3n) is 2.59. The van der Waals surface area contributed by atoms with Gasteiger partial charge in [-0.05, 0) is 19.3 Å². The van der Waals surface area contributed by atoms with E-state index in [0.717, 1.165) is 19.3 Å². The predicted octanol–water partition coefficient (Wildman–Crippen LogP) is 0.120. The molecule has 1 aliphatic carbocycles. The zero-order valence-electron chi connectivity index (χ0n) is 8.26. The van der Waals surface area contributed by atoms with E-state index >= 15 is 0 Å². The maximum Gasteiger partial charge on any atom is 0.271 e. The molecule has 80 valence electrons. The number of hydrogen-bond donors (Lipinski definition) is 2. The summed E-state index contributed by atoms with van der Waals surface area (Å²) in [7, 11) is 0. The van der Waals surface area contributed by atoms with Crippen LogP contribution in [0.3, 0.4) is 0 Å². The molecule has 1 aromatic heterocycles. The Kier molecular flexibility index (Phi) is 2.91. The minimum absolute atomic E-state index is 0.139. The lowest BCUT2D eigenvalue weighted by molar-refractivity contribution is 0.0868. The first-order valence-corrected chi connectivity index (χ1v) is 5.02. The highest BCUT2D eigenvalue weighted by atomic mass is 16.3. The quantitative estimate of drug-likeness (QED) is 0.722. The lowest BCUT2D eigenvalue weighted by Gasteiger charge is -2.15. The normalized spacial score (nSPS) is 25.1. The van der Waals surface area contributed by atoms with Gasteiger partial charge in [0, 0.05) is 12.4 Å². The summed E-state index contributed by atoms with van der Waals surface area (Å²) in [6.45, 7) is 0. The third kappa shape index (κ3) is 2.30. The van der Waals surface area contributed by atoms with Crippen molar-refractivity contribution in [3.05, 3.63) is 24.3 Å². The molecule has 0 bridgehead atoms. The SMILES string of the molecule is O=C(N[C@@H]1CCC[C@@H]1O)c1cnccn1. The molecule has 2 atom stereocenters. The van der Waals surface area contributed by atoms with E-state index in [1.807, 2.05) is 0 Å². The number of nitrogens with one attached hydrogen (secondary N) is 1. The van der Waals surface area contributed by atoms with Crippen LogP contribution in [0.25, 0.3) is 0 Å². The molecule has 0 spiro atoms.